The number of hydrogen-bond acceptors (Lipinski definition) is 2. The molecule has 0 radical (unpaired) electrons. The van der Waals surface area contributed by atoms with Crippen molar-refractivity contribution >= 4 is 11.6 Å². The van der Waals surface area contributed by atoms with Crippen molar-refractivity contribution in [2.75, 3.05) is 7.05 Å². The van der Waals surface area contributed by atoms with Crippen molar-refractivity contribution in [3.8, 4) is 0 Å². The van der Waals surface area contributed by atoms with E-state index in [2.05, 4.69) is 10.3 Å². The standard InChI is InChI=1S/C15H14ClF3N2/c1-20-14(8-10-6-7-21-9-13(10)16)11-4-2-3-5-12(11)15(17,18)19/h2-7,9,14,20H,8H2,1H3. The Labute approximate surface area is 126 Å². The van der Waals surface area contributed by atoms with E-state index in [9.17, 15) is 13.2 Å². The van der Waals surface area contributed by atoms with Crippen LogP contribution < -0.4 is 5.32 Å². The van der Waals surface area contributed by atoms with Crippen molar-refractivity contribution in [1.82, 2.24) is 10.3 Å². The molecule has 1 heterocycles. The number of nitrogens with one attached hydrogen (secondary N) is 1. The second-order valence-corrected chi connectivity index (χ2v) is 5.00. The molecule has 1 aromatic carbocycles. The monoisotopic (exact) mass is 314 g/mol. The maximum atomic E-state index is 13.1. The predicted octanol–water partition coefficient (Wildman–Crippen LogP) is 4.26. The second-order valence-electron chi connectivity index (χ2n) is 4.60. The van der Waals surface area contributed by atoms with E-state index in [1.807, 2.05) is 0 Å². The SMILES string of the molecule is CNC(Cc1ccncc1Cl)c1ccccc1C(F)(F)F. The van der Waals surface area contributed by atoms with Crippen LogP contribution >= 0.6 is 11.6 Å². The summed E-state index contributed by atoms with van der Waals surface area (Å²) in [7, 11) is 1.63. The fraction of sp³-hybridized carbons (Fsp3) is 0.267. The van der Waals surface area contributed by atoms with E-state index >= 15 is 0 Å². The lowest BCUT2D eigenvalue weighted by Crippen LogP contribution is -2.23. The Balaban J connectivity index is 2.37. The van der Waals surface area contributed by atoms with Gasteiger partial charge in [0.2, 0.25) is 0 Å². The first kappa shape index (κ1) is 15.8. The molecule has 112 valence electrons. The summed E-state index contributed by atoms with van der Waals surface area (Å²) in [5, 5.41) is 3.37. The molecule has 0 fully saturated rings. The van der Waals surface area contributed by atoms with Crippen molar-refractivity contribution < 1.29 is 13.2 Å². The predicted molar refractivity (Wildman–Crippen MR) is 76.2 cm³/mol. The number of benzene rings is 1. The van der Waals surface area contributed by atoms with Crippen LogP contribution in [0.5, 0.6) is 0 Å². The van der Waals surface area contributed by atoms with E-state index in [0.717, 1.165) is 11.6 Å². The highest BCUT2D eigenvalue weighted by Crippen LogP contribution is 2.35. The number of rotatable bonds is 4. The fourth-order valence-corrected chi connectivity index (χ4v) is 2.41. The van der Waals surface area contributed by atoms with Crippen LogP contribution in [0.25, 0.3) is 0 Å². The van der Waals surface area contributed by atoms with Crippen molar-refractivity contribution in [3.05, 3.63) is 64.4 Å². The summed E-state index contributed by atoms with van der Waals surface area (Å²) in [5.74, 6) is 0. The lowest BCUT2D eigenvalue weighted by atomic mass is 9.95. The average Bonchev–Trinajstić information content (AvgIpc) is 2.45. The molecule has 0 aliphatic carbocycles. The number of pyridine rings is 1. The zero-order valence-electron chi connectivity index (χ0n) is 11.3. The van der Waals surface area contributed by atoms with Crippen LogP contribution in [0.2, 0.25) is 5.02 Å². The van der Waals surface area contributed by atoms with Crippen LogP contribution in [-0.4, -0.2) is 12.0 Å². The zero-order chi connectivity index (χ0) is 15.5. The highest BCUT2D eigenvalue weighted by atomic mass is 35.5. The normalized spacial score (nSPS) is 13.2. The molecule has 1 atom stereocenters. The molecule has 0 aliphatic rings. The molecular weight excluding hydrogens is 301 g/mol. The lowest BCUT2D eigenvalue weighted by molar-refractivity contribution is -0.138. The van der Waals surface area contributed by atoms with E-state index in [1.54, 1.807) is 25.4 Å². The summed E-state index contributed by atoms with van der Waals surface area (Å²) in [4.78, 5) is 3.88. The van der Waals surface area contributed by atoms with Gasteiger partial charge in [0.25, 0.3) is 0 Å². The Morgan fingerprint density at radius 3 is 2.57 bits per heavy atom. The molecule has 0 aliphatic heterocycles. The summed E-state index contributed by atoms with van der Waals surface area (Å²) < 4.78 is 39.3. The number of nitrogens with zero attached hydrogens (tertiary/aromatic N) is 1. The van der Waals surface area contributed by atoms with Crippen molar-refractivity contribution in [2.24, 2.45) is 0 Å². The molecule has 2 rings (SSSR count). The first-order valence-corrected chi connectivity index (χ1v) is 6.73. The van der Waals surface area contributed by atoms with Gasteiger partial charge in [0.15, 0.2) is 0 Å². The lowest BCUT2D eigenvalue weighted by Gasteiger charge is -2.21. The minimum atomic E-state index is -4.38. The molecule has 0 saturated carbocycles. The van der Waals surface area contributed by atoms with Gasteiger partial charge in [-0.15, -0.1) is 0 Å². The first-order chi connectivity index (χ1) is 9.93. The van der Waals surface area contributed by atoms with Gasteiger partial charge in [-0.2, -0.15) is 13.2 Å². The second kappa shape index (κ2) is 6.45. The van der Waals surface area contributed by atoms with E-state index in [0.29, 0.717) is 11.4 Å². The third-order valence-corrected chi connectivity index (χ3v) is 3.61. The molecule has 1 unspecified atom stereocenters. The van der Waals surface area contributed by atoms with Crippen LogP contribution in [0.3, 0.4) is 0 Å². The van der Waals surface area contributed by atoms with E-state index in [-0.39, 0.29) is 5.56 Å². The Hall–Kier alpha value is -1.59. The molecule has 1 aromatic heterocycles. The maximum Gasteiger partial charge on any atom is 0.416 e. The number of halogens is 4. The Kier molecular flexibility index (Phi) is 4.85. The van der Waals surface area contributed by atoms with Crippen molar-refractivity contribution in [2.45, 2.75) is 18.6 Å². The minimum absolute atomic E-state index is 0.209. The fourth-order valence-electron chi connectivity index (χ4n) is 2.22. The van der Waals surface area contributed by atoms with Crippen LogP contribution in [0, 0.1) is 0 Å². The molecule has 6 heteroatoms. The van der Waals surface area contributed by atoms with Gasteiger partial charge >= 0.3 is 6.18 Å². The van der Waals surface area contributed by atoms with Gasteiger partial charge in [-0.3, -0.25) is 4.98 Å². The maximum absolute atomic E-state index is 13.1. The Morgan fingerprint density at radius 2 is 1.95 bits per heavy atom. The van der Waals surface area contributed by atoms with Gasteiger partial charge in [0, 0.05) is 18.4 Å². The molecule has 21 heavy (non-hydrogen) atoms. The van der Waals surface area contributed by atoms with E-state index in [1.165, 1.54) is 18.3 Å². The van der Waals surface area contributed by atoms with Crippen LogP contribution in [0.1, 0.15) is 22.7 Å². The van der Waals surface area contributed by atoms with E-state index in [4.69, 9.17) is 11.6 Å². The van der Waals surface area contributed by atoms with Gasteiger partial charge in [0.1, 0.15) is 0 Å². The Morgan fingerprint density at radius 1 is 1.24 bits per heavy atom. The molecule has 2 nitrogen and oxygen atoms in total. The molecule has 0 amide bonds. The van der Waals surface area contributed by atoms with Crippen LogP contribution in [0.4, 0.5) is 13.2 Å². The zero-order valence-corrected chi connectivity index (χ0v) is 12.0. The topological polar surface area (TPSA) is 24.9 Å². The van der Waals surface area contributed by atoms with Gasteiger partial charge in [0.05, 0.1) is 10.6 Å². The number of alkyl halides is 3. The number of aromatic nitrogens is 1. The van der Waals surface area contributed by atoms with Crippen LogP contribution in [0.15, 0.2) is 42.7 Å². The van der Waals surface area contributed by atoms with Gasteiger partial charge in [-0.05, 0) is 36.7 Å². The number of hydrogen-bond donors (Lipinski definition) is 1. The van der Waals surface area contributed by atoms with E-state index < -0.39 is 17.8 Å². The summed E-state index contributed by atoms with van der Waals surface area (Å²) in [6.07, 6.45) is -0.971. The smallest absolute Gasteiger partial charge is 0.313 e. The van der Waals surface area contributed by atoms with Crippen molar-refractivity contribution in [1.29, 1.82) is 0 Å². The molecular formula is C15H14ClF3N2. The van der Waals surface area contributed by atoms with Crippen LogP contribution in [-0.2, 0) is 12.6 Å². The molecule has 0 saturated heterocycles. The summed E-state index contributed by atoms with van der Waals surface area (Å²) >= 11 is 6.03. The summed E-state index contributed by atoms with van der Waals surface area (Å²) in [6.45, 7) is 0. The quantitative estimate of drug-likeness (QED) is 0.912. The highest BCUT2D eigenvalue weighted by Gasteiger charge is 2.34. The first-order valence-electron chi connectivity index (χ1n) is 6.35. The van der Waals surface area contributed by atoms with Crippen molar-refractivity contribution in [3.63, 3.8) is 0 Å². The minimum Gasteiger partial charge on any atom is -0.313 e. The largest absolute Gasteiger partial charge is 0.416 e. The third-order valence-electron chi connectivity index (χ3n) is 3.27. The highest BCUT2D eigenvalue weighted by molar-refractivity contribution is 6.31. The van der Waals surface area contributed by atoms with Gasteiger partial charge in [-0.1, -0.05) is 29.8 Å². The Bertz CT molecular complexity index is 614. The molecule has 0 spiro atoms. The molecule has 0 bridgehead atoms. The average molecular weight is 315 g/mol. The van der Waals surface area contributed by atoms with Gasteiger partial charge in [-0.25, -0.2) is 0 Å². The summed E-state index contributed by atoms with van der Waals surface area (Å²) in [6, 6.07) is 6.79. The van der Waals surface area contributed by atoms with Gasteiger partial charge < -0.3 is 5.32 Å². The summed E-state index contributed by atoms with van der Waals surface area (Å²) in [5.41, 5.74) is 0.331. The molecule has 2 aromatic rings. The number of likely N-dealkylation sites (N-methyl/N-ethyl adjacent to an activating group) is 1. The third kappa shape index (κ3) is 3.74. The molecule has 1 N–H and O–H groups in total.